The van der Waals surface area contributed by atoms with Crippen LogP contribution in [0.15, 0.2) is 36.5 Å². The van der Waals surface area contributed by atoms with Gasteiger partial charge in [0.2, 0.25) is 0 Å². The molecule has 0 atom stereocenters. The van der Waals surface area contributed by atoms with E-state index in [1.165, 1.54) is 0 Å². The van der Waals surface area contributed by atoms with Gasteiger partial charge in [-0.1, -0.05) is 12.1 Å². The van der Waals surface area contributed by atoms with Crippen LogP contribution in [0.5, 0.6) is 0 Å². The molecule has 0 unspecified atom stereocenters. The number of nitrogens with zero attached hydrogens (tertiary/aromatic N) is 4. The first-order chi connectivity index (χ1) is 8.79. The molecule has 1 aromatic carbocycles. The van der Waals surface area contributed by atoms with Crippen molar-refractivity contribution < 1.29 is 0 Å². The molecule has 0 N–H and O–H groups in total. The summed E-state index contributed by atoms with van der Waals surface area (Å²) < 4.78 is 3.85. The minimum atomic E-state index is 0.552. The van der Waals surface area contributed by atoms with E-state index in [1.54, 1.807) is 4.68 Å². The smallest absolute Gasteiger partial charge is 0.160 e. The highest BCUT2D eigenvalue weighted by Gasteiger charge is 2.13. The van der Waals surface area contributed by atoms with Crippen LogP contribution in [0, 0.1) is 0 Å². The Morgan fingerprint density at radius 3 is 2.78 bits per heavy atom. The highest BCUT2D eigenvalue weighted by atomic mass is 35.5. The number of alkyl halides is 1. The minimum absolute atomic E-state index is 0.552. The molecule has 0 saturated heterocycles. The third-order valence-corrected chi connectivity index (χ3v) is 3.07. The molecule has 0 amide bonds. The van der Waals surface area contributed by atoms with Crippen LogP contribution in [0.4, 0.5) is 0 Å². The van der Waals surface area contributed by atoms with Crippen molar-refractivity contribution in [3.05, 3.63) is 42.4 Å². The normalized spacial score (nSPS) is 11.2. The average molecular weight is 261 g/mol. The van der Waals surface area contributed by atoms with Crippen LogP contribution >= 0.6 is 11.6 Å². The summed E-state index contributed by atoms with van der Waals surface area (Å²) in [5.74, 6) is 2.38. The lowest BCUT2D eigenvalue weighted by molar-refractivity contribution is 0.746. The first kappa shape index (κ1) is 11.3. The van der Waals surface area contributed by atoms with Gasteiger partial charge in [0, 0.05) is 31.6 Å². The number of hydrogen-bond donors (Lipinski definition) is 0. The van der Waals surface area contributed by atoms with E-state index >= 15 is 0 Å². The highest BCUT2D eigenvalue weighted by molar-refractivity contribution is 6.17. The average Bonchev–Trinajstić information content (AvgIpc) is 2.92. The van der Waals surface area contributed by atoms with Gasteiger partial charge >= 0.3 is 0 Å². The molecule has 0 spiro atoms. The van der Waals surface area contributed by atoms with E-state index < -0.39 is 0 Å². The predicted octanol–water partition coefficient (Wildman–Crippen LogP) is 2.54. The standard InChI is InChI=1S/C13H13ClN4/c1-17-9-7-13(16-17)18-11-5-3-2-4-10(11)15-12(18)6-8-14/h2-5,7,9H,6,8H2,1H3. The zero-order valence-corrected chi connectivity index (χ0v) is 10.8. The lowest BCUT2D eigenvalue weighted by Gasteiger charge is -2.04. The molecule has 2 heterocycles. The van der Waals surface area contributed by atoms with Crippen LogP contribution in [0.2, 0.25) is 0 Å². The van der Waals surface area contributed by atoms with Crippen molar-refractivity contribution >= 4 is 22.6 Å². The molecule has 0 radical (unpaired) electrons. The Kier molecular flexibility index (Phi) is 2.80. The number of para-hydroxylation sites is 2. The highest BCUT2D eigenvalue weighted by Crippen LogP contribution is 2.20. The predicted molar refractivity (Wildman–Crippen MR) is 72.3 cm³/mol. The van der Waals surface area contributed by atoms with Crippen molar-refractivity contribution in [1.82, 2.24) is 19.3 Å². The fourth-order valence-corrected chi connectivity index (χ4v) is 2.27. The van der Waals surface area contributed by atoms with E-state index in [4.69, 9.17) is 11.6 Å². The number of benzene rings is 1. The van der Waals surface area contributed by atoms with Crippen molar-refractivity contribution in [2.24, 2.45) is 7.05 Å². The maximum absolute atomic E-state index is 5.85. The van der Waals surface area contributed by atoms with Crippen LogP contribution in [-0.2, 0) is 13.5 Å². The second-order valence-corrected chi connectivity index (χ2v) is 4.52. The van der Waals surface area contributed by atoms with E-state index in [-0.39, 0.29) is 0 Å². The van der Waals surface area contributed by atoms with Crippen molar-refractivity contribution in [2.45, 2.75) is 6.42 Å². The summed E-state index contributed by atoms with van der Waals surface area (Å²) in [5, 5.41) is 4.44. The Morgan fingerprint density at radius 1 is 1.22 bits per heavy atom. The number of fused-ring (bicyclic) bond motifs is 1. The van der Waals surface area contributed by atoms with Gasteiger partial charge < -0.3 is 0 Å². The van der Waals surface area contributed by atoms with Gasteiger partial charge in [-0.3, -0.25) is 9.25 Å². The van der Waals surface area contributed by atoms with Crippen LogP contribution in [0.3, 0.4) is 0 Å². The number of rotatable bonds is 3. The molecule has 0 fully saturated rings. The molecule has 5 heteroatoms. The molecular weight excluding hydrogens is 248 g/mol. The monoisotopic (exact) mass is 260 g/mol. The molecule has 0 bridgehead atoms. The number of imidazole rings is 1. The molecule has 18 heavy (non-hydrogen) atoms. The van der Waals surface area contributed by atoms with Gasteiger partial charge in [-0.15, -0.1) is 11.6 Å². The van der Waals surface area contributed by atoms with Crippen molar-refractivity contribution in [1.29, 1.82) is 0 Å². The quantitative estimate of drug-likeness (QED) is 0.679. The van der Waals surface area contributed by atoms with E-state index in [0.29, 0.717) is 5.88 Å². The van der Waals surface area contributed by atoms with Gasteiger partial charge in [0.25, 0.3) is 0 Å². The van der Waals surface area contributed by atoms with Gasteiger partial charge in [-0.25, -0.2) is 4.98 Å². The maximum atomic E-state index is 5.85. The summed E-state index contributed by atoms with van der Waals surface area (Å²) in [5.41, 5.74) is 2.04. The molecular formula is C13H13ClN4. The molecule has 0 saturated carbocycles. The van der Waals surface area contributed by atoms with Gasteiger partial charge in [-0.05, 0) is 12.1 Å². The summed E-state index contributed by atoms with van der Waals surface area (Å²) in [6.45, 7) is 0. The Hall–Kier alpha value is -1.81. The topological polar surface area (TPSA) is 35.6 Å². The number of aryl methyl sites for hydroxylation is 2. The molecule has 4 nitrogen and oxygen atoms in total. The second kappa shape index (κ2) is 4.46. The zero-order valence-electron chi connectivity index (χ0n) is 10.0. The van der Waals surface area contributed by atoms with Gasteiger partial charge in [0.1, 0.15) is 5.82 Å². The number of hydrogen-bond acceptors (Lipinski definition) is 2. The second-order valence-electron chi connectivity index (χ2n) is 4.14. The van der Waals surface area contributed by atoms with E-state index in [2.05, 4.69) is 20.7 Å². The number of halogens is 1. The van der Waals surface area contributed by atoms with E-state index in [9.17, 15) is 0 Å². The lowest BCUT2D eigenvalue weighted by Crippen LogP contribution is -2.03. The minimum Gasteiger partial charge on any atom is -0.279 e. The molecule has 0 aliphatic rings. The van der Waals surface area contributed by atoms with Crippen LogP contribution in [-0.4, -0.2) is 25.2 Å². The fraction of sp³-hybridized carbons (Fsp3) is 0.231. The Morgan fingerprint density at radius 2 is 2.06 bits per heavy atom. The summed E-state index contributed by atoms with van der Waals surface area (Å²) >= 11 is 5.85. The van der Waals surface area contributed by atoms with Gasteiger partial charge in [-0.2, -0.15) is 5.10 Å². The van der Waals surface area contributed by atoms with E-state index in [0.717, 1.165) is 29.1 Å². The first-order valence-electron chi connectivity index (χ1n) is 5.82. The molecule has 3 aromatic rings. The Labute approximate surface area is 110 Å². The SMILES string of the molecule is Cn1ccc(-n2c(CCCl)nc3ccccc32)n1. The van der Waals surface area contributed by atoms with Gasteiger partial charge in [0.15, 0.2) is 5.82 Å². The van der Waals surface area contributed by atoms with E-state index in [1.807, 2.05) is 37.5 Å². The fourth-order valence-electron chi connectivity index (χ4n) is 2.11. The third kappa shape index (κ3) is 1.78. The van der Waals surface area contributed by atoms with Crippen molar-refractivity contribution in [3.8, 4) is 5.82 Å². The molecule has 2 aromatic heterocycles. The zero-order chi connectivity index (χ0) is 12.5. The van der Waals surface area contributed by atoms with Crippen LogP contribution < -0.4 is 0 Å². The van der Waals surface area contributed by atoms with Gasteiger partial charge in [0.05, 0.1) is 11.0 Å². The summed E-state index contributed by atoms with van der Waals surface area (Å²) in [4.78, 5) is 4.62. The lowest BCUT2D eigenvalue weighted by atomic mass is 10.3. The molecule has 0 aliphatic carbocycles. The Balaban J connectivity index is 2.27. The number of aromatic nitrogens is 4. The van der Waals surface area contributed by atoms with Crippen LogP contribution in [0.25, 0.3) is 16.9 Å². The summed E-state index contributed by atoms with van der Waals surface area (Å²) in [6, 6.07) is 10.0. The molecule has 0 aliphatic heterocycles. The Bertz CT molecular complexity index is 683. The maximum Gasteiger partial charge on any atom is 0.160 e. The summed E-state index contributed by atoms with van der Waals surface area (Å²) in [6.07, 6.45) is 2.65. The molecule has 92 valence electrons. The summed E-state index contributed by atoms with van der Waals surface area (Å²) in [7, 11) is 1.91. The largest absolute Gasteiger partial charge is 0.279 e. The molecule has 3 rings (SSSR count). The van der Waals surface area contributed by atoms with Crippen molar-refractivity contribution in [2.75, 3.05) is 5.88 Å². The van der Waals surface area contributed by atoms with Crippen molar-refractivity contribution in [3.63, 3.8) is 0 Å². The first-order valence-corrected chi connectivity index (χ1v) is 6.35. The third-order valence-electron chi connectivity index (χ3n) is 2.88. The van der Waals surface area contributed by atoms with Crippen LogP contribution in [0.1, 0.15) is 5.82 Å².